The molecule has 114 valence electrons. The number of aromatic nitrogens is 1. The van der Waals surface area contributed by atoms with Crippen LogP contribution in [0.15, 0.2) is 35.4 Å². The van der Waals surface area contributed by atoms with E-state index in [1.807, 2.05) is 20.8 Å². The van der Waals surface area contributed by atoms with Gasteiger partial charge in [-0.1, -0.05) is 19.9 Å². The first-order valence-corrected chi connectivity index (χ1v) is 8.33. The minimum atomic E-state index is -3.68. The first kappa shape index (κ1) is 15.9. The lowest BCUT2D eigenvalue weighted by Crippen LogP contribution is -2.34. The predicted octanol–water partition coefficient (Wildman–Crippen LogP) is 1.84. The van der Waals surface area contributed by atoms with Crippen LogP contribution in [0.2, 0.25) is 0 Å². The van der Waals surface area contributed by atoms with Crippen molar-refractivity contribution >= 4 is 20.9 Å². The molecule has 1 aromatic carbocycles. The van der Waals surface area contributed by atoms with Crippen molar-refractivity contribution in [2.75, 3.05) is 6.54 Å². The Hall–Kier alpha value is -1.50. The number of fused-ring (bicyclic) bond motifs is 1. The molecule has 2 aromatic rings. The summed E-state index contributed by atoms with van der Waals surface area (Å²) in [4.78, 5) is 4.42. The lowest BCUT2D eigenvalue weighted by atomic mass is 10.1. The van der Waals surface area contributed by atoms with Gasteiger partial charge in [0.2, 0.25) is 10.0 Å². The maximum atomic E-state index is 12.4. The van der Waals surface area contributed by atoms with Crippen LogP contribution in [0.1, 0.15) is 19.4 Å². The van der Waals surface area contributed by atoms with Crippen LogP contribution in [-0.4, -0.2) is 31.2 Å². The summed E-state index contributed by atoms with van der Waals surface area (Å²) in [6.45, 7) is 5.56. The summed E-state index contributed by atoms with van der Waals surface area (Å²) in [7, 11) is -3.68. The fourth-order valence-electron chi connectivity index (χ4n) is 2.03. The second kappa shape index (κ2) is 6.09. The predicted molar refractivity (Wildman–Crippen MR) is 82.5 cm³/mol. The van der Waals surface area contributed by atoms with E-state index in [9.17, 15) is 13.5 Å². The zero-order valence-electron chi connectivity index (χ0n) is 12.4. The average Bonchev–Trinajstić information content (AvgIpc) is 2.45. The minimum absolute atomic E-state index is 0.00433. The van der Waals surface area contributed by atoms with Crippen molar-refractivity contribution in [2.24, 2.45) is 5.92 Å². The molecule has 0 bridgehead atoms. The van der Waals surface area contributed by atoms with Gasteiger partial charge in [0, 0.05) is 18.1 Å². The third kappa shape index (κ3) is 3.40. The topological polar surface area (TPSA) is 79.3 Å². The molecule has 1 aromatic heterocycles. The summed E-state index contributed by atoms with van der Waals surface area (Å²) in [6.07, 6.45) is 0.927. The molecule has 1 heterocycles. The molecule has 0 fully saturated rings. The summed E-state index contributed by atoms with van der Waals surface area (Å²) in [5, 5.41) is 10.3. The molecule has 2 rings (SSSR count). The molecule has 5 nitrogen and oxygen atoms in total. The summed E-state index contributed by atoms with van der Waals surface area (Å²) < 4.78 is 27.3. The van der Waals surface area contributed by atoms with E-state index in [1.165, 1.54) is 0 Å². The zero-order valence-corrected chi connectivity index (χ0v) is 13.2. The molecule has 2 N–H and O–H groups in total. The van der Waals surface area contributed by atoms with Crippen molar-refractivity contribution < 1.29 is 13.5 Å². The maximum Gasteiger partial charge on any atom is 0.241 e. The fraction of sp³-hybridized carbons (Fsp3) is 0.400. The molecule has 0 spiro atoms. The summed E-state index contributed by atoms with van der Waals surface area (Å²) in [6, 6.07) is 6.76. The number of sulfonamides is 1. The number of aryl methyl sites for hydroxylation is 1. The molecule has 0 aliphatic heterocycles. The molecular formula is C15H20N2O3S. The van der Waals surface area contributed by atoms with Gasteiger partial charge in [-0.25, -0.2) is 13.1 Å². The van der Waals surface area contributed by atoms with Crippen molar-refractivity contribution in [1.82, 2.24) is 9.71 Å². The monoisotopic (exact) mass is 308 g/mol. The molecule has 0 radical (unpaired) electrons. The first-order valence-electron chi connectivity index (χ1n) is 6.85. The normalized spacial score (nSPS) is 13.8. The summed E-state index contributed by atoms with van der Waals surface area (Å²) in [5.74, 6) is -0.0101. The number of aliphatic hydroxyl groups excluding tert-OH is 1. The molecular weight excluding hydrogens is 288 g/mol. The summed E-state index contributed by atoms with van der Waals surface area (Å²) >= 11 is 0. The van der Waals surface area contributed by atoms with Gasteiger partial charge in [0.1, 0.15) is 0 Å². The van der Waals surface area contributed by atoms with Crippen LogP contribution < -0.4 is 4.72 Å². The first-order chi connectivity index (χ1) is 9.83. The molecule has 6 heteroatoms. The third-order valence-corrected chi connectivity index (χ3v) is 4.95. The number of pyridine rings is 1. The Morgan fingerprint density at radius 3 is 2.67 bits per heavy atom. The lowest BCUT2D eigenvalue weighted by Gasteiger charge is -2.16. The van der Waals surface area contributed by atoms with Crippen molar-refractivity contribution in [3.63, 3.8) is 0 Å². The molecule has 1 unspecified atom stereocenters. The molecule has 0 aliphatic carbocycles. The number of aliphatic hydroxyl groups is 1. The maximum absolute atomic E-state index is 12.4. The van der Waals surface area contributed by atoms with E-state index in [4.69, 9.17) is 0 Å². The van der Waals surface area contributed by atoms with Crippen molar-refractivity contribution in [3.05, 3.63) is 36.0 Å². The van der Waals surface area contributed by atoms with Gasteiger partial charge in [-0.3, -0.25) is 4.98 Å². The van der Waals surface area contributed by atoms with Crippen LogP contribution in [0.25, 0.3) is 10.9 Å². The van der Waals surface area contributed by atoms with Gasteiger partial charge in [0.25, 0.3) is 0 Å². The third-order valence-electron chi connectivity index (χ3n) is 3.47. The van der Waals surface area contributed by atoms with Crippen LogP contribution in [0.3, 0.4) is 0 Å². The molecule has 1 atom stereocenters. The van der Waals surface area contributed by atoms with E-state index in [0.717, 1.165) is 5.56 Å². The van der Waals surface area contributed by atoms with Crippen LogP contribution in [0, 0.1) is 12.8 Å². The molecule has 0 saturated heterocycles. The second-order valence-corrected chi connectivity index (χ2v) is 7.18. The zero-order chi connectivity index (χ0) is 15.6. The van der Waals surface area contributed by atoms with Crippen molar-refractivity contribution in [1.29, 1.82) is 0 Å². The number of hydrogen-bond acceptors (Lipinski definition) is 4. The highest BCUT2D eigenvalue weighted by molar-refractivity contribution is 7.89. The van der Waals surface area contributed by atoms with Crippen LogP contribution in [0.4, 0.5) is 0 Å². The van der Waals surface area contributed by atoms with Crippen LogP contribution >= 0.6 is 0 Å². The fourth-order valence-corrected chi connectivity index (χ4v) is 3.28. The van der Waals surface area contributed by atoms with Gasteiger partial charge in [-0.15, -0.1) is 0 Å². The standard InChI is InChI=1S/C15H20N2O3S/c1-10(2)13(18)9-17-21(19,20)14-7-6-11(3)15-12(14)5-4-8-16-15/h4-8,10,13,17-18H,9H2,1-3H3. The van der Waals surface area contributed by atoms with E-state index >= 15 is 0 Å². The van der Waals surface area contributed by atoms with Gasteiger partial charge >= 0.3 is 0 Å². The number of rotatable bonds is 5. The van der Waals surface area contributed by atoms with Gasteiger partial charge in [0.15, 0.2) is 0 Å². The van der Waals surface area contributed by atoms with E-state index in [-0.39, 0.29) is 17.4 Å². The van der Waals surface area contributed by atoms with Crippen molar-refractivity contribution in [2.45, 2.75) is 31.8 Å². The smallest absolute Gasteiger partial charge is 0.241 e. The Kier molecular flexibility index (Phi) is 4.61. The molecule has 0 saturated carbocycles. The highest BCUT2D eigenvalue weighted by Gasteiger charge is 2.20. The van der Waals surface area contributed by atoms with E-state index in [2.05, 4.69) is 9.71 Å². The molecule has 0 amide bonds. The van der Waals surface area contributed by atoms with E-state index in [1.54, 1.807) is 30.5 Å². The van der Waals surface area contributed by atoms with Crippen LogP contribution in [-0.2, 0) is 10.0 Å². The highest BCUT2D eigenvalue weighted by atomic mass is 32.2. The Balaban J connectivity index is 2.39. The Morgan fingerprint density at radius 2 is 2.00 bits per heavy atom. The Morgan fingerprint density at radius 1 is 1.29 bits per heavy atom. The van der Waals surface area contributed by atoms with Crippen LogP contribution in [0.5, 0.6) is 0 Å². The molecule has 21 heavy (non-hydrogen) atoms. The Bertz CT molecular complexity index is 742. The SMILES string of the molecule is Cc1ccc(S(=O)(=O)NCC(O)C(C)C)c2cccnc12. The number of nitrogens with zero attached hydrogens (tertiary/aromatic N) is 1. The number of hydrogen-bond donors (Lipinski definition) is 2. The van der Waals surface area contributed by atoms with Gasteiger partial charge in [-0.2, -0.15) is 0 Å². The van der Waals surface area contributed by atoms with E-state index in [0.29, 0.717) is 10.9 Å². The lowest BCUT2D eigenvalue weighted by molar-refractivity contribution is 0.129. The van der Waals surface area contributed by atoms with E-state index < -0.39 is 16.1 Å². The van der Waals surface area contributed by atoms with Gasteiger partial charge in [-0.05, 0) is 36.6 Å². The largest absolute Gasteiger partial charge is 0.391 e. The number of benzene rings is 1. The summed E-state index contributed by atoms with van der Waals surface area (Å²) in [5.41, 5.74) is 1.59. The highest BCUT2D eigenvalue weighted by Crippen LogP contribution is 2.24. The Labute approximate surface area is 125 Å². The minimum Gasteiger partial charge on any atom is -0.391 e. The van der Waals surface area contributed by atoms with Gasteiger partial charge in [0.05, 0.1) is 16.5 Å². The quantitative estimate of drug-likeness (QED) is 0.883. The van der Waals surface area contributed by atoms with Crippen molar-refractivity contribution in [3.8, 4) is 0 Å². The number of nitrogens with one attached hydrogen (secondary N) is 1. The average molecular weight is 308 g/mol. The molecule has 0 aliphatic rings. The second-order valence-electron chi connectivity index (χ2n) is 5.44. The van der Waals surface area contributed by atoms with Gasteiger partial charge < -0.3 is 5.11 Å².